The Morgan fingerprint density at radius 1 is 1.56 bits per heavy atom. The first-order valence-corrected chi connectivity index (χ1v) is 5.13. The molecule has 0 amide bonds. The number of aryl methyl sites for hydroxylation is 1. The lowest BCUT2D eigenvalue weighted by atomic mass is 10.2. The lowest BCUT2D eigenvalue weighted by molar-refractivity contribution is 0.0695. The third kappa shape index (κ3) is 3.20. The van der Waals surface area contributed by atoms with Gasteiger partial charge in [0.2, 0.25) is 0 Å². The number of aliphatic hydroxyl groups excluding tert-OH is 1. The molecule has 1 atom stereocenters. The number of aromatic carboxylic acids is 1. The molecule has 0 bridgehead atoms. The number of carboxylic acid groups (broad SMARTS) is 1. The van der Waals surface area contributed by atoms with Gasteiger partial charge in [-0.05, 0) is 32.4 Å². The lowest BCUT2D eigenvalue weighted by Crippen LogP contribution is -2.18. The van der Waals surface area contributed by atoms with Crippen LogP contribution in [0.4, 0.5) is 5.82 Å². The SMILES string of the molecule is Cc1nc(NC(C)CCO)ccc1C(=O)O. The number of hydrogen-bond acceptors (Lipinski definition) is 4. The summed E-state index contributed by atoms with van der Waals surface area (Å²) in [7, 11) is 0. The minimum absolute atomic E-state index is 0.104. The molecule has 1 rings (SSSR count). The molecule has 0 aliphatic carbocycles. The average molecular weight is 224 g/mol. The van der Waals surface area contributed by atoms with Crippen LogP contribution in [0.2, 0.25) is 0 Å². The number of rotatable bonds is 5. The summed E-state index contributed by atoms with van der Waals surface area (Å²) in [4.78, 5) is 14.9. The number of aromatic nitrogens is 1. The molecule has 0 saturated heterocycles. The topological polar surface area (TPSA) is 82.5 Å². The number of aliphatic hydroxyl groups is 1. The fourth-order valence-electron chi connectivity index (χ4n) is 1.39. The standard InChI is InChI=1S/C11H16N2O3/c1-7(5-6-14)12-10-4-3-9(11(15)16)8(2)13-10/h3-4,7,14H,5-6H2,1-2H3,(H,12,13)(H,15,16). The van der Waals surface area contributed by atoms with Crippen molar-refractivity contribution < 1.29 is 15.0 Å². The summed E-state index contributed by atoms with van der Waals surface area (Å²) in [6.45, 7) is 3.70. The molecule has 1 aromatic rings. The summed E-state index contributed by atoms with van der Waals surface area (Å²) >= 11 is 0. The molecule has 0 fully saturated rings. The summed E-state index contributed by atoms with van der Waals surface area (Å²) in [5, 5.41) is 20.7. The zero-order valence-corrected chi connectivity index (χ0v) is 9.40. The molecule has 5 nitrogen and oxygen atoms in total. The zero-order chi connectivity index (χ0) is 12.1. The van der Waals surface area contributed by atoms with Gasteiger partial charge in [0.1, 0.15) is 5.82 Å². The van der Waals surface area contributed by atoms with Crippen LogP contribution >= 0.6 is 0 Å². The average Bonchev–Trinajstić information content (AvgIpc) is 2.17. The monoisotopic (exact) mass is 224 g/mol. The number of anilines is 1. The van der Waals surface area contributed by atoms with Crippen molar-refractivity contribution in [3.05, 3.63) is 23.4 Å². The zero-order valence-electron chi connectivity index (χ0n) is 9.40. The first-order valence-electron chi connectivity index (χ1n) is 5.13. The Morgan fingerprint density at radius 3 is 2.75 bits per heavy atom. The van der Waals surface area contributed by atoms with E-state index in [0.29, 0.717) is 17.9 Å². The Labute approximate surface area is 94.1 Å². The van der Waals surface area contributed by atoms with Crippen LogP contribution in [0.1, 0.15) is 29.4 Å². The first-order chi connectivity index (χ1) is 7.54. The van der Waals surface area contributed by atoms with Gasteiger partial charge in [0.25, 0.3) is 0 Å². The van der Waals surface area contributed by atoms with Crippen molar-refractivity contribution in [2.24, 2.45) is 0 Å². The van der Waals surface area contributed by atoms with E-state index < -0.39 is 5.97 Å². The second-order valence-electron chi connectivity index (χ2n) is 3.69. The van der Waals surface area contributed by atoms with E-state index in [9.17, 15) is 4.79 Å². The van der Waals surface area contributed by atoms with Crippen molar-refractivity contribution in [3.63, 3.8) is 0 Å². The van der Waals surface area contributed by atoms with Gasteiger partial charge in [0.15, 0.2) is 0 Å². The molecule has 88 valence electrons. The minimum atomic E-state index is -0.972. The summed E-state index contributed by atoms with van der Waals surface area (Å²) in [6.07, 6.45) is 0.626. The van der Waals surface area contributed by atoms with E-state index in [1.807, 2.05) is 6.92 Å². The Hall–Kier alpha value is -1.62. The molecule has 1 unspecified atom stereocenters. The van der Waals surface area contributed by atoms with Crippen LogP contribution < -0.4 is 5.32 Å². The third-order valence-electron chi connectivity index (χ3n) is 2.27. The molecule has 0 spiro atoms. The Kier molecular flexibility index (Phi) is 4.25. The van der Waals surface area contributed by atoms with E-state index in [1.54, 1.807) is 13.0 Å². The summed E-state index contributed by atoms with van der Waals surface area (Å²) in [5.74, 6) is -0.344. The van der Waals surface area contributed by atoms with Crippen molar-refractivity contribution in [3.8, 4) is 0 Å². The smallest absolute Gasteiger partial charge is 0.337 e. The van der Waals surface area contributed by atoms with Crippen LogP contribution in [0.5, 0.6) is 0 Å². The molecular formula is C11H16N2O3. The number of hydrogen-bond donors (Lipinski definition) is 3. The lowest BCUT2D eigenvalue weighted by Gasteiger charge is -2.13. The van der Waals surface area contributed by atoms with Crippen molar-refractivity contribution in [2.45, 2.75) is 26.3 Å². The Bertz CT molecular complexity index is 379. The number of pyridine rings is 1. The van der Waals surface area contributed by atoms with Gasteiger partial charge in [0, 0.05) is 12.6 Å². The highest BCUT2D eigenvalue weighted by molar-refractivity contribution is 5.89. The van der Waals surface area contributed by atoms with Crippen LogP contribution in [0.15, 0.2) is 12.1 Å². The minimum Gasteiger partial charge on any atom is -0.478 e. The molecule has 0 aromatic carbocycles. The van der Waals surface area contributed by atoms with Crippen LogP contribution in [-0.4, -0.2) is 33.8 Å². The van der Waals surface area contributed by atoms with Gasteiger partial charge < -0.3 is 15.5 Å². The van der Waals surface area contributed by atoms with Crippen molar-refractivity contribution in [1.29, 1.82) is 0 Å². The van der Waals surface area contributed by atoms with Crippen LogP contribution in [0.25, 0.3) is 0 Å². The van der Waals surface area contributed by atoms with Gasteiger partial charge in [-0.2, -0.15) is 0 Å². The summed E-state index contributed by atoms with van der Waals surface area (Å²) in [6, 6.07) is 3.26. The molecule has 5 heteroatoms. The van der Waals surface area contributed by atoms with E-state index in [1.165, 1.54) is 6.07 Å². The number of nitrogens with one attached hydrogen (secondary N) is 1. The van der Waals surface area contributed by atoms with E-state index >= 15 is 0 Å². The molecule has 0 saturated carbocycles. The fourth-order valence-corrected chi connectivity index (χ4v) is 1.39. The highest BCUT2D eigenvalue weighted by atomic mass is 16.4. The van der Waals surface area contributed by atoms with Gasteiger partial charge in [-0.1, -0.05) is 0 Å². The van der Waals surface area contributed by atoms with Gasteiger partial charge >= 0.3 is 5.97 Å². The number of carboxylic acids is 1. The third-order valence-corrected chi connectivity index (χ3v) is 2.27. The second-order valence-corrected chi connectivity index (χ2v) is 3.69. The Balaban J connectivity index is 2.77. The van der Waals surface area contributed by atoms with E-state index in [0.717, 1.165) is 0 Å². The van der Waals surface area contributed by atoms with Gasteiger partial charge in [-0.15, -0.1) is 0 Å². The molecular weight excluding hydrogens is 208 g/mol. The van der Waals surface area contributed by atoms with E-state index in [4.69, 9.17) is 10.2 Å². The van der Waals surface area contributed by atoms with Gasteiger partial charge in [0.05, 0.1) is 11.3 Å². The second kappa shape index (κ2) is 5.46. The number of nitrogens with zero attached hydrogens (tertiary/aromatic N) is 1. The number of carbonyl (C=O) groups is 1. The molecule has 16 heavy (non-hydrogen) atoms. The Morgan fingerprint density at radius 2 is 2.25 bits per heavy atom. The maximum absolute atomic E-state index is 10.8. The van der Waals surface area contributed by atoms with Crippen LogP contribution in [0.3, 0.4) is 0 Å². The van der Waals surface area contributed by atoms with Gasteiger partial charge in [-0.25, -0.2) is 9.78 Å². The largest absolute Gasteiger partial charge is 0.478 e. The predicted molar refractivity (Wildman–Crippen MR) is 60.7 cm³/mol. The van der Waals surface area contributed by atoms with Crippen LogP contribution in [-0.2, 0) is 0 Å². The van der Waals surface area contributed by atoms with Crippen LogP contribution in [0, 0.1) is 6.92 Å². The van der Waals surface area contributed by atoms with E-state index in [-0.39, 0.29) is 18.2 Å². The summed E-state index contributed by atoms with van der Waals surface area (Å²) in [5.41, 5.74) is 0.689. The first kappa shape index (κ1) is 12.4. The highest BCUT2D eigenvalue weighted by Gasteiger charge is 2.09. The maximum atomic E-state index is 10.8. The molecule has 1 heterocycles. The van der Waals surface area contributed by atoms with E-state index in [2.05, 4.69) is 10.3 Å². The predicted octanol–water partition coefficient (Wildman–Crippen LogP) is 1.27. The van der Waals surface area contributed by atoms with Crippen molar-refractivity contribution >= 4 is 11.8 Å². The molecule has 0 aliphatic rings. The molecule has 3 N–H and O–H groups in total. The maximum Gasteiger partial charge on any atom is 0.337 e. The quantitative estimate of drug-likeness (QED) is 0.701. The van der Waals surface area contributed by atoms with Crippen molar-refractivity contribution in [2.75, 3.05) is 11.9 Å². The molecule has 1 aromatic heterocycles. The fraction of sp³-hybridized carbons (Fsp3) is 0.455. The summed E-state index contributed by atoms with van der Waals surface area (Å²) < 4.78 is 0. The van der Waals surface area contributed by atoms with Crippen molar-refractivity contribution in [1.82, 2.24) is 4.98 Å². The highest BCUT2D eigenvalue weighted by Crippen LogP contribution is 2.12. The molecule has 0 aliphatic heterocycles. The van der Waals surface area contributed by atoms with Gasteiger partial charge in [-0.3, -0.25) is 0 Å². The molecule has 0 radical (unpaired) electrons. The normalized spacial score (nSPS) is 12.2.